The van der Waals surface area contributed by atoms with E-state index in [2.05, 4.69) is 53.6 Å². The Morgan fingerprint density at radius 3 is 2.32 bits per heavy atom. The Morgan fingerprint density at radius 1 is 1.04 bits per heavy atom. The summed E-state index contributed by atoms with van der Waals surface area (Å²) in [5.74, 6) is 1.82. The van der Waals surface area contributed by atoms with Crippen molar-refractivity contribution >= 4 is 11.9 Å². The molecule has 3 atom stereocenters. The second-order valence-electron chi connectivity index (χ2n) is 6.19. The van der Waals surface area contributed by atoms with Gasteiger partial charge < -0.3 is 20.0 Å². The number of aromatic nitrogens is 6. The van der Waals surface area contributed by atoms with Crippen LogP contribution in [-0.4, -0.2) is 65.3 Å². The Hall–Kier alpha value is -2.46. The van der Waals surface area contributed by atoms with Crippen LogP contribution >= 0.6 is 0 Å². The molecule has 10 heteroatoms. The first-order valence-electron chi connectivity index (χ1n) is 8.18. The summed E-state index contributed by atoms with van der Waals surface area (Å²) in [5.41, 5.74) is 0. The highest BCUT2D eigenvalue weighted by Gasteiger charge is 2.32. The molecule has 10 nitrogen and oxygen atoms in total. The van der Waals surface area contributed by atoms with Crippen molar-refractivity contribution in [3.63, 3.8) is 0 Å². The van der Waals surface area contributed by atoms with Gasteiger partial charge in [-0.05, 0) is 20.8 Å². The molecule has 2 aromatic rings. The van der Waals surface area contributed by atoms with E-state index in [-0.39, 0.29) is 18.7 Å². The summed E-state index contributed by atoms with van der Waals surface area (Å²) in [6.45, 7) is 6.91. The van der Waals surface area contributed by atoms with Gasteiger partial charge in [0.1, 0.15) is 25.4 Å². The number of rotatable bonds is 4. The van der Waals surface area contributed by atoms with E-state index in [1.165, 1.54) is 12.7 Å². The fourth-order valence-electron chi connectivity index (χ4n) is 3.05. The van der Waals surface area contributed by atoms with Crippen molar-refractivity contribution in [2.75, 3.05) is 22.9 Å². The van der Waals surface area contributed by atoms with Gasteiger partial charge >= 0.3 is 0 Å². The molecule has 0 bridgehead atoms. The van der Waals surface area contributed by atoms with Crippen molar-refractivity contribution in [2.45, 2.75) is 45.6 Å². The zero-order valence-corrected chi connectivity index (χ0v) is 14.5. The van der Waals surface area contributed by atoms with E-state index in [0.717, 1.165) is 0 Å². The van der Waals surface area contributed by atoms with E-state index >= 15 is 0 Å². The molecule has 0 aromatic carbocycles. The smallest absolute Gasteiger partial charge is 0.229 e. The number of piperazine rings is 1. The molecule has 3 rings (SSSR count). The average Bonchev–Trinajstić information content (AvgIpc) is 2.61. The molecule has 3 heterocycles. The van der Waals surface area contributed by atoms with Crippen LogP contribution in [0, 0.1) is 0 Å². The molecular formula is C15H22N8O2. The molecule has 2 N–H and O–H groups in total. The predicted octanol–water partition coefficient (Wildman–Crippen LogP) is -0.294. The van der Waals surface area contributed by atoms with Crippen LogP contribution in [0.3, 0.4) is 0 Å². The zero-order chi connectivity index (χ0) is 18.0. The average molecular weight is 346 g/mol. The molecule has 1 aliphatic heterocycles. The number of aliphatic hydroxyl groups excluding tert-OH is 2. The van der Waals surface area contributed by atoms with Crippen LogP contribution in [-0.2, 0) is 6.61 Å². The van der Waals surface area contributed by atoms with E-state index in [1.807, 2.05) is 0 Å². The minimum atomic E-state index is -0.740. The number of hydrogen-bond donors (Lipinski definition) is 2. The minimum Gasteiger partial charge on any atom is -0.388 e. The summed E-state index contributed by atoms with van der Waals surface area (Å²) in [7, 11) is 0. The molecule has 1 aliphatic rings. The van der Waals surface area contributed by atoms with E-state index in [1.54, 1.807) is 6.92 Å². The Morgan fingerprint density at radius 2 is 1.68 bits per heavy atom. The van der Waals surface area contributed by atoms with Gasteiger partial charge in [0.25, 0.3) is 0 Å². The van der Waals surface area contributed by atoms with Crippen molar-refractivity contribution in [3.8, 4) is 0 Å². The molecule has 0 amide bonds. The summed E-state index contributed by atoms with van der Waals surface area (Å²) in [5, 5.41) is 18.9. The summed E-state index contributed by atoms with van der Waals surface area (Å²) in [4.78, 5) is 29.2. The SMILES string of the molecule is CC(O)c1ncnc(N2C(C)CN(c3ncnc(CO)n3)CC2C)n1. The second kappa shape index (κ2) is 7.19. The van der Waals surface area contributed by atoms with Crippen molar-refractivity contribution in [1.82, 2.24) is 29.9 Å². The van der Waals surface area contributed by atoms with E-state index in [0.29, 0.717) is 36.6 Å². The van der Waals surface area contributed by atoms with Gasteiger partial charge in [-0.1, -0.05) is 0 Å². The number of hydrogen-bond acceptors (Lipinski definition) is 10. The van der Waals surface area contributed by atoms with Gasteiger partial charge in [-0.25, -0.2) is 19.9 Å². The molecule has 25 heavy (non-hydrogen) atoms. The second-order valence-corrected chi connectivity index (χ2v) is 6.19. The van der Waals surface area contributed by atoms with Gasteiger partial charge in [0.05, 0.1) is 0 Å². The first-order valence-corrected chi connectivity index (χ1v) is 8.18. The number of anilines is 2. The Bertz CT molecular complexity index is 716. The van der Waals surface area contributed by atoms with Crippen LogP contribution in [0.15, 0.2) is 12.7 Å². The highest BCUT2D eigenvalue weighted by atomic mass is 16.3. The zero-order valence-electron chi connectivity index (χ0n) is 14.5. The Labute approximate surface area is 145 Å². The van der Waals surface area contributed by atoms with Crippen LogP contribution in [0.4, 0.5) is 11.9 Å². The molecule has 0 spiro atoms. The monoisotopic (exact) mass is 346 g/mol. The van der Waals surface area contributed by atoms with Gasteiger partial charge in [-0.15, -0.1) is 0 Å². The fraction of sp³-hybridized carbons (Fsp3) is 0.600. The third-order valence-electron chi connectivity index (χ3n) is 4.13. The molecule has 0 radical (unpaired) electrons. The topological polar surface area (TPSA) is 124 Å². The van der Waals surface area contributed by atoms with E-state index in [9.17, 15) is 10.2 Å². The maximum atomic E-state index is 9.70. The Kier molecular flexibility index (Phi) is 5.00. The molecule has 0 saturated carbocycles. The molecule has 1 fully saturated rings. The maximum absolute atomic E-state index is 9.70. The molecule has 0 aliphatic carbocycles. The lowest BCUT2D eigenvalue weighted by Gasteiger charge is -2.44. The van der Waals surface area contributed by atoms with Crippen LogP contribution in [0.25, 0.3) is 0 Å². The lowest BCUT2D eigenvalue weighted by Crippen LogP contribution is -2.58. The summed E-state index contributed by atoms with van der Waals surface area (Å²) in [6, 6.07) is 0.199. The number of aliphatic hydroxyl groups is 2. The van der Waals surface area contributed by atoms with Crippen molar-refractivity contribution in [3.05, 3.63) is 24.3 Å². The molecule has 3 unspecified atom stereocenters. The number of nitrogens with zero attached hydrogens (tertiary/aromatic N) is 8. The highest BCUT2D eigenvalue weighted by molar-refractivity contribution is 5.40. The van der Waals surface area contributed by atoms with Crippen molar-refractivity contribution in [1.29, 1.82) is 0 Å². The lowest BCUT2D eigenvalue weighted by atomic mass is 10.1. The van der Waals surface area contributed by atoms with E-state index < -0.39 is 6.10 Å². The normalized spacial score (nSPS) is 22.1. The third kappa shape index (κ3) is 3.64. The first kappa shape index (κ1) is 17.4. The van der Waals surface area contributed by atoms with Gasteiger partial charge in [-0.3, -0.25) is 0 Å². The van der Waals surface area contributed by atoms with Crippen molar-refractivity contribution in [2.24, 2.45) is 0 Å². The minimum absolute atomic E-state index is 0.0994. The molecule has 2 aromatic heterocycles. The largest absolute Gasteiger partial charge is 0.388 e. The van der Waals surface area contributed by atoms with Gasteiger partial charge in [0, 0.05) is 25.2 Å². The van der Waals surface area contributed by atoms with Crippen molar-refractivity contribution < 1.29 is 10.2 Å². The van der Waals surface area contributed by atoms with Gasteiger partial charge in [0.2, 0.25) is 11.9 Å². The summed E-state index contributed by atoms with van der Waals surface area (Å²) >= 11 is 0. The highest BCUT2D eigenvalue weighted by Crippen LogP contribution is 2.23. The van der Waals surface area contributed by atoms with Gasteiger partial charge in [0.15, 0.2) is 11.6 Å². The van der Waals surface area contributed by atoms with Gasteiger partial charge in [-0.2, -0.15) is 9.97 Å². The predicted molar refractivity (Wildman–Crippen MR) is 89.8 cm³/mol. The summed E-state index contributed by atoms with van der Waals surface area (Å²) in [6.07, 6.45) is 2.10. The third-order valence-corrected chi connectivity index (χ3v) is 4.13. The van der Waals surface area contributed by atoms with Crippen LogP contribution in [0.2, 0.25) is 0 Å². The van der Waals surface area contributed by atoms with Crippen LogP contribution in [0.1, 0.15) is 38.5 Å². The quantitative estimate of drug-likeness (QED) is 0.762. The summed E-state index contributed by atoms with van der Waals surface area (Å²) < 4.78 is 0. The standard InChI is InChI=1S/C15H22N8O2/c1-9-4-22(14-18-7-16-12(6-24)20-14)5-10(2)23(9)15-19-8-17-13(21-15)11(3)25/h7-11,24-25H,4-6H2,1-3H3. The van der Waals surface area contributed by atoms with Crippen LogP contribution < -0.4 is 9.80 Å². The fourth-order valence-corrected chi connectivity index (χ4v) is 3.05. The first-order chi connectivity index (χ1) is 12.0. The molecule has 1 saturated heterocycles. The molecule has 134 valence electrons. The lowest BCUT2D eigenvalue weighted by molar-refractivity contribution is 0.188. The Balaban J connectivity index is 1.81. The molecular weight excluding hydrogens is 324 g/mol. The van der Waals surface area contributed by atoms with Crippen LogP contribution in [0.5, 0.6) is 0 Å². The van der Waals surface area contributed by atoms with E-state index in [4.69, 9.17) is 0 Å². The maximum Gasteiger partial charge on any atom is 0.229 e.